The molecular formula is C27H31N5O4. The van der Waals surface area contributed by atoms with Gasteiger partial charge in [0.25, 0.3) is 11.5 Å². The van der Waals surface area contributed by atoms with Crippen LogP contribution in [0, 0.1) is 11.3 Å². The lowest BCUT2D eigenvalue weighted by atomic mass is 9.91. The van der Waals surface area contributed by atoms with Crippen LogP contribution >= 0.6 is 0 Å². The molecule has 3 aromatic rings. The summed E-state index contributed by atoms with van der Waals surface area (Å²) in [5, 5.41) is 5.12. The van der Waals surface area contributed by atoms with Crippen LogP contribution in [0.2, 0.25) is 0 Å². The molecule has 36 heavy (non-hydrogen) atoms. The molecule has 0 spiro atoms. The average molecular weight is 490 g/mol. The number of hydrazine groups is 1. The molecule has 3 amide bonds. The minimum absolute atomic E-state index is 0.0482. The van der Waals surface area contributed by atoms with E-state index >= 15 is 0 Å². The number of fused-ring (bicyclic) bond motifs is 1. The molecule has 0 radical (unpaired) electrons. The summed E-state index contributed by atoms with van der Waals surface area (Å²) in [5.41, 5.74) is 5.12. The highest BCUT2D eigenvalue weighted by atomic mass is 16.2. The second-order valence-electron chi connectivity index (χ2n) is 10.1. The smallest absolute Gasteiger partial charge is 0.290 e. The number of hydrogen-bond acceptors (Lipinski definition) is 5. The van der Waals surface area contributed by atoms with E-state index in [1.807, 2.05) is 51.1 Å². The molecule has 0 aliphatic carbocycles. The summed E-state index contributed by atoms with van der Waals surface area (Å²) in [4.78, 5) is 53.0. The second-order valence-corrected chi connectivity index (χ2v) is 10.1. The highest BCUT2D eigenvalue weighted by Gasteiger charge is 2.32. The number of amides is 3. The molecule has 2 N–H and O–H groups in total. The molecule has 2 heterocycles. The van der Waals surface area contributed by atoms with Crippen LogP contribution in [0.3, 0.4) is 0 Å². The van der Waals surface area contributed by atoms with Crippen molar-refractivity contribution in [1.82, 2.24) is 25.5 Å². The Morgan fingerprint density at radius 2 is 1.53 bits per heavy atom. The first-order valence-electron chi connectivity index (χ1n) is 12.1. The van der Waals surface area contributed by atoms with Crippen LogP contribution in [-0.2, 0) is 16.1 Å². The average Bonchev–Trinajstić information content (AvgIpc) is 2.88. The highest BCUT2D eigenvalue weighted by molar-refractivity contribution is 6.05. The third-order valence-corrected chi connectivity index (χ3v) is 6.35. The molecule has 9 nitrogen and oxygen atoms in total. The van der Waals surface area contributed by atoms with E-state index in [2.05, 4.69) is 16.0 Å². The molecule has 1 fully saturated rings. The largest absolute Gasteiger partial charge is 0.342 e. The first-order valence-corrected chi connectivity index (χ1v) is 12.1. The van der Waals surface area contributed by atoms with E-state index in [0.29, 0.717) is 36.7 Å². The van der Waals surface area contributed by atoms with Gasteiger partial charge < -0.3 is 4.90 Å². The summed E-state index contributed by atoms with van der Waals surface area (Å²) < 4.78 is 1.26. The van der Waals surface area contributed by atoms with Gasteiger partial charge in [-0.2, -0.15) is 5.10 Å². The predicted octanol–water partition coefficient (Wildman–Crippen LogP) is 2.49. The summed E-state index contributed by atoms with van der Waals surface area (Å²) in [5.74, 6) is -1.17. The van der Waals surface area contributed by atoms with Gasteiger partial charge in [0.2, 0.25) is 11.8 Å². The number of piperidine rings is 1. The summed E-state index contributed by atoms with van der Waals surface area (Å²) in [6.07, 6.45) is 1.04. The van der Waals surface area contributed by atoms with Crippen molar-refractivity contribution in [2.24, 2.45) is 11.3 Å². The summed E-state index contributed by atoms with van der Waals surface area (Å²) in [6.45, 7) is 6.85. The van der Waals surface area contributed by atoms with Gasteiger partial charge in [-0.1, -0.05) is 69.3 Å². The number of carbonyl (C=O) groups excluding carboxylic acids is 3. The van der Waals surface area contributed by atoms with Gasteiger partial charge in [0, 0.05) is 29.8 Å². The number of nitrogens with one attached hydrogen (secondary N) is 2. The molecule has 1 aliphatic heterocycles. The number of hydrogen-bond donors (Lipinski definition) is 2. The van der Waals surface area contributed by atoms with Crippen molar-refractivity contribution in [3.8, 4) is 0 Å². The molecule has 1 aromatic heterocycles. The topological polar surface area (TPSA) is 113 Å². The van der Waals surface area contributed by atoms with Gasteiger partial charge in [-0.15, -0.1) is 0 Å². The Bertz CT molecular complexity index is 1340. The molecule has 9 heteroatoms. The van der Waals surface area contributed by atoms with E-state index in [1.165, 1.54) is 4.68 Å². The Labute approximate surface area is 209 Å². The van der Waals surface area contributed by atoms with Gasteiger partial charge in [-0.25, -0.2) is 4.68 Å². The lowest BCUT2D eigenvalue weighted by molar-refractivity contribution is -0.142. The number of carbonyl (C=O) groups is 3. The van der Waals surface area contributed by atoms with E-state index in [1.54, 1.807) is 29.2 Å². The summed E-state index contributed by atoms with van der Waals surface area (Å²) >= 11 is 0. The fraction of sp³-hybridized carbons (Fsp3) is 0.370. The van der Waals surface area contributed by atoms with Crippen molar-refractivity contribution in [2.45, 2.75) is 40.2 Å². The fourth-order valence-electron chi connectivity index (χ4n) is 4.37. The van der Waals surface area contributed by atoms with Crippen molar-refractivity contribution in [1.29, 1.82) is 0 Å². The van der Waals surface area contributed by atoms with E-state index < -0.39 is 11.3 Å². The van der Waals surface area contributed by atoms with Crippen LogP contribution in [0.15, 0.2) is 59.4 Å². The van der Waals surface area contributed by atoms with Crippen LogP contribution in [-0.4, -0.2) is 45.5 Å². The molecule has 4 rings (SSSR count). The van der Waals surface area contributed by atoms with Gasteiger partial charge in [0.15, 0.2) is 5.69 Å². The molecule has 0 bridgehead atoms. The highest BCUT2D eigenvalue weighted by Crippen LogP contribution is 2.23. The minimum atomic E-state index is -0.610. The monoisotopic (exact) mass is 489 g/mol. The quantitative estimate of drug-likeness (QED) is 0.547. The number of likely N-dealkylation sites (tertiary alicyclic amines) is 1. The van der Waals surface area contributed by atoms with Gasteiger partial charge >= 0.3 is 0 Å². The van der Waals surface area contributed by atoms with Gasteiger partial charge in [-0.3, -0.25) is 30.0 Å². The zero-order valence-corrected chi connectivity index (χ0v) is 20.8. The normalized spacial score (nSPS) is 14.5. The van der Waals surface area contributed by atoms with E-state index in [4.69, 9.17) is 0 Å². The van der Waals surface area contributed by atoms with Gasteiger partial charge in [0.1, 0.15) is 0 Å². The van der Waals surface area contributed by atoms with Crippen LogP contribution in [0.5, 0.6) is 0 Å². The molecule has 1 aliphatic rings. The standard InChI is InChI=1S/C27H31N5O4/c1-27(2,3)26(36)31-15-13-19(14-16-31)23(33)28-29-24(34)22-20-11-7-8-12-21(20)25(35)32(30-22)17-18-9-5-4-6-10-18/h4-12,19H,13-17H2,1-3H3,(H,28,33)(H,29,34). The number of aromatic nitrogens is 2. The molecule has 0 unspecified atom stereocenters. The summed E-state index contributed by atoms with van der Waals surface area (Å²) in [6, 6.07) is 16.2. The van der Waals surface area contributed by atoms with Crippen LogP contribution in [0.4, 0.5) is 0 Å². The molecule has 1 saturated heterocycles. The van der Waals surface area contributed by atoms with Gasteiger partial charge in [-0.05, 0) is 24.5 Å². The van der Waals surface area contributed by atoms with Crippen LogP contribution in [0.25, 0.3) is 10.8 Å². The Morgan fingerprint density at radius 3 is 2.17 bits per heavy atom. The lowest BCUT2D eigenvalue weighted by Gasteiger charge is -2.35. The molecular weight excluding hydrogens is 458 g/mol. The number of rotatable bonds is 4. The maximum Gasteiger partial charge on any atom is 0.290 e. The first kappa shape index (κ1) is 25.1. The van der Waals surface area contributed by atoms with Gasteiger partial charge in [0.05, 0.1) is 11.9 Å². The minimum Gasteiger partial charge on any atom is -0.342 e. The Morgan fingerprint density at radius 1 is 0.917 bits per heavy atom. The Kier molecular flexibility index (Phi) is 7.19. The zero-order chi connectivity index (χ0) is 25.9. The Balaban J connectivity index is 1.46. The zero-order valence-electron chi connectivity index (χ0n) is 20.8. The molecule has 2 aromatic carbocycles. The first-order chi connectivity index (χ1) is 17.1. The second kappa shape index (κ2) is 10.3. The fourth-order valence-corrected chi connectivity index (χ4v) is 4.37. The van der Waals surface area contributed by atoms with Crippen molar-refractivity contribution < 1.29 is 14.4 Å². The van der Waals surface area contributed by atoms with E-state index in [-0.39, 0.29) is 35.5 Å². The van der Waals surface area contributed by atoms with Crippen molar-refractivity contribution >= 4 is 28.5 Å². The Hall–Kier alpha value is -4.01. The van der Waals surface area contributed by atoms with Crippen LogP contribution in [0.1, 0.15) is 49.7 Å². The number of benzene rings is 2. The van der Waals surface area contributed by atoms with Crippen molar-refractivity contribution in [3.63, 3.8) is 0 Å². The van der Waals surface area contributed by atoms with Crippen molar-refractivity contribution in [2.75, 3.05) is 13.1 Å². The lowest BCUT2D eigenvalue weighted by Crippen LogP contribution is -2.50. The number of nitrogens with zero attached hydrogens (tertiary/aromatic N) is 3. The van der Waals surface area contributed by atoms with Crippen molar-refractivity contribution in [3.05, 3.63) is 76.2 Å². The van der Waals surface area contributed by atoms with Crippen LogP contribution < -0.4 is 16.4 Å². The maximum atomic E-state index is 13.1. The van der Waals surface area contributed by atoms with E-state index in [0.717, 1.165) is 5.56 Å². The van der Waals surface area contributed by atoms with E-state index in [9.17, 15) is 19.2 Å². The summed E-state index contributed by atoms with van der Waals surface area (Å²) in [7, 11) is 0. The third-order valence-electron chi connectivity index (χ3n) is 6.35. The predicted molar refractivity (Wildman–Crippen MR) is 136 cm³/mol. The molecule has 0 saturated carbocycles. The SMILES string of the molecule is CC(C)(C)C(=O)N1CCC(C(=O)NNC(=O)c2nn(Cc3ccccc3)c(=O)c3ccccc23)CC1. The third kappa shape index (κ3) is 5.45. The maximum absolute atomic E-state index is 13.1. The molecule has 188 valence electrons. The molecule has 0 atom stereocenters.